The van der Waals surface area contributed by atoms with E-state index in [0.29, 0.717) is 0 Å². The van der Waals surface area contributed by atoms with Crippen LogP contribution in [-0.4, -0.2) is 0 Å². The summed E-state index contributed by atoms with van der Waals surface area (Å²) in [5.74, 6) is 0. The first kappa shape index (κ1) is 46.4. The molecule has 0 amide bonds. The first-order valence-electron chi connectivity index (χ1n) is 26.0. The maximum atomic E-state index is 2.52. The van der Waals surface area contributed by atoms with Crippen molar-refractivity contribution in [1.82, 2.24) is 0 Å². The molecule has 0 fully saturated rings. The fourth-order valence-electron chi connectivity index (χ4n) is 11.3. The molecule has 12 aromatic rings. The van der Waals surface area contributed by atoms with Crippen molar-refractivity contribution in [2.24, 2.45) is 0 Å². The van der Waals surface area contributed by atoms with Crippen molar-refractivity contribution >= 4 is 66.4 Å². The first-order chi connectivity index (χ1) is 36.0. The monoisotopic (exact) mass is 952 g/mol. The molecule has 74 heavy (non-hydrogen) atoms. The van der Waals surface area contributed by atoms with Crippen molar-refractivity contribution in [1.29, 1.82) is 0 Å². The molecule has 0 saturated carbocycles. The van der Waals surface area contributed by atoms with Gasteiger partial charge in [0, 0.05) is 44.3 Å². The molecule has 358 valence electrons. The molecule has 0 N–H and O–H groups in total. The minimum absolute atomic E-state index is 1.13. The molecule has 2 heteroatoms. The summed E-state index contributed by atoms with van der Waals surface area (Å²) >= 11 is 0. The Kier molecular flexibility index (Phi) is 11.7. The zero-order chi connectivity index (χ0) is 50.8. The highest BCUT2D eigenvalue weighted by Crippen LogP contribution is 2.54. The normalized spacial score (nSPS) is 11.5. The standard InChI is InChI=1S/C72H60N2/c1-45-27-31-55(39-49(45)5)73(56-32-28-46(2)50(6)40-56)69-43-67(61-25-17-15-23-59(61)53-19-11-9-12-20-53)63-36-38-66-70(74(57-33-29-47(3)51(7)41-57)58-34-30-48(4)52(8)42-58)44-68(64-35-37-65(69)71(63)72(64)66)62-26-18-16-24-60(62)54-21-13-10-14-22-54/h9-44H,1-8H3. The molecule has 0 saturated heterocycles. The number of hydrogen-bond donors (Lipinski definition) is 0. The third kappa shape index (κ3) is 7.99. The van der Waals surface area contributed by atoms with Gasteiger partial charge in [-0.15, -0.1) is 0 Å². The summed E-state index contributed by atoms with van der Waals surface area (Å²) in [6, 6.07) is 82.1. The second kappa shape index (κ2) is 18.7. The molecule has 2 nitrogen and oxygen atoms in total. The lowest BCUT2D eigenvalue weighted by molar-refractivity contribution is 1.24. The summed E-state index contributed by atoms with van der Waals surface area (Å²) in [4.78, 5) is 5.03. The zero-order valence-corrected chi connectivity index (χ0v) is 43.7. The third-order valence-corrected chi connectivity index (χ3v) is 15.9. The van der Waals surface area contributed by atoms with Crippen LogP contribution in [0.4, 0.5) is 34.1 Å². The predicted molar refractivity (Wildman–Crippen MR) is 319 cm³/mol. The van der Waals surface area contributed by atoms with Crippen molar-refractivity contribution in [3.05, 3.63) is 263 Å². The summed E-state index contributed by atoms with van der Waals surface area (Å²) in [6.45, 7) is 17.8. The molecule has 0 heterocycles. The predicted octanol–water partition coefficient (Wildman–Crippen LogP) is 20.7. The Morgan fingerprint density at radius 1 is 0.216 bits per heavy atom. The highest BCUT2D eigenvalue weighted by molar-refractivity contribution is 6.33. The Balaban J connectivity index is 1.29. The van der Waals surface area contributed by atoms with Gasteiger partial charge in [-0.2, -0.15) is 0 Å². The Morgan fingerprint density at radius 3 is 0.811 bits per heavy atom. The molecule has 0 spiro atoms. The number of benzene rings is 12. The third-order valence-electron chi connectivity index (χ3n) is 15.9. The average Bonchev–Trinajstić information content (AvgIpc) is 3.43. The second-order valence-corrected chi connectivity index (χ2v) is 20.5. The van der Waals surface area contributed by atoms with E-state index < -0.39 is 0 Å². The van der Waals surface area contributed by atoms with Gasteiger partial charge in [0.15, 0.2) is 0 Å². The highest BCUT2D eigenvalue weighted by atomic mass is 15.2. The average molecular weight is 953 g/mol. The lowest BCUT2D eigenvalue weighted by atomic mass is 9.83. The van der Waals surface area contributed by atoms with E-state index in [0.717, 1.165) is 34.1 Å². The topological polar surface area (TPSA) is 6.48 Å². The molecule has 0 unspecified atom stereocenters. The molecule has 12 rings (SSSR count). The summed E-state index contributed by atoms with van der Waals surface area (Å²) in [5.41, 5.74) is 26.4. The number of aryl methyl sites for hydroxylation is 8. The van der Waals surface area contributed by atoms with E-state index in [2.05, 4.69) is 284 Å². The molecule has 0 aliphatic carbocycles. The Labute approximate surface area is 436 Å². The smallest absolute Gasteiger partial charge is 0.0546 e. The van der Waals surface area contributed by atoms with Crippen molar-refractivity contribution in [3.8, 4) is 44.5 Å². The van der Waals surface area contributed by atoms with Crippen molar-refractivity contribution < 1.29 is 0 Å². The number of nitrogens with zero attached hydrogens (tertiary/aromatic N) is 2. The van der Waals surface area contributed by atoms with Crippen LogP contribution in [-0.2, 0) is 0 Å². The number of hydrogen-bond acceptors (Lipinski definition) is 2. The lowest BCUT2D eigenvalue weighted by Gasteiger charge is -2.32. The van der Waals surface area contributed by atoms with E-state index >= 15 is 0 Å². The second-order valence-electron chi connectivity index (χ2n) is 20.5. The van der Waals surface area contributed by atoms with Gasteiger partial charge in [-0.05, 0) is 216 Å². The number of anilines is 6. The van der Waals surface area contributed by atoms with Crippen LogP contribution in [0.2, 0.25) is 0 Å². The Morgan fingerprint density at radius 2 is 0.500 bits per heavy atom. The van der Waals surface area contributed by atoms with Gasteiger partial charge in [0.25, 0.3) is 0 Å². The SMILES string of the molecule is Cc1ccc(N(c2ccc(C)c(C)c2)c2cc(-c3ccccc3-c3ccccc3)c3ccc4c(N(c5ccc(C)c(C)c5)c5ccc(C)c(C)c5)cc(-c5ccccc5-c5ccccc5)c5ccc2c3c54)cc1C. The van der Waals surface area contributed by atoms with E-state index in [1.165, 1.54) is 121 Å². The summed E-state index contributed by atoms with van der Waals surface area (Å²) in [7, 11) is 0. The van der Waals surface area contributed by atoms with Crippen LogP contribution in [0.5, 0.6) is 0 Å². The van der Waals surface area contributed by atoms with Crippen LogP contribution >= 0.6 is 0 Å². The summed E-state index contributed by atoms with van der Waals surface area (Å²) < 4.78 is 0. The van der Waals surface area contributed by atoms with Crippen LogP contribution in [0.25, 0.3) is 76.8 Å². The Hall–Kier alpha value is -8.72. The molecule has 0 aliphatic rings. The maximum Gasteiger partial charge on any atom is 0.0546 e. The van der Waals surface area contributed by atoms with Crippen molar-refractivity contribution in [2.45, 2.75) is 55.4 Å². The Bertz CT molecular complexity index is 3740. The van der Waals surface area contributed by atoms with Crippen LogP contribution in [0.15, 0.2) is 218 Å². The van der Waals surface area contributed by atoms with Gasteiger partial charge in [0.05, 0.1) is 11.4 Å². The molecule has 0 bridgehead atoms. The summed E-state index contributed by atoms with van der Waals surface area (Å²) in [6.07, 6.45) is 0. The quantitative estimate of drug-likeness (QED) is 0.126. The van der Waals surface area contributed by atoms with Gasteiger partial charge in [-0.25, -0.2) is 0 Å². The van der Waals surface area contributed by atoms with Crippen LogP contribution in [0.3, 0.4) is 0 Å². The molecular formula is C72H60N2. The van der Waals surface area contributed by atoms with E-state index in [-0.39, 0.29) is 0 Å². The fourth-order valence-corrected chi connectivity index (χ4v) is 11.3. The molecule has 0 radical (unpaired) electrons. The lowest BCUT2D eigenvalue weighted by Crippen LogP contribution is -2.13. The minimum Gasteiger partial charge on any atom is -0.310 e. The fraction of sp³-hybridized carbons (Fsp3) is 0.111. The van der Waals surface area contributed by atoms with Gasteiger partial charge >= 0.3 is 0 Å². The highest BCUT2D eigenvalue weighted by Gasteiger charge is 2.27. The first-order valence-corrected chi connectivity index (χ1v) is 26.0. The van der Waals surface area contributed by atoms with Crippen molar-refractivity contribution in [2.75, 3.05) is 9.80 Å². The van der Waals surface area contributed by atoms with Crippen molar-refractivity contribution in [3.63, 3.8) is 0 Å². The number of rotatable bonds is 10. The van der Waals surface area contributed by atoms with Gasteiger partial charge in [-0.1, -0.05) is 158 Å². The van der Waals surface area contributed by atoms with E-state index in [1.807, 2.05) is 0 Å². The van der Waals surface area contributed by atoms with Gasteiger partial charge < -0.3 is 9.80 Å². The van der Waals surface area contributed by atoms with Gasteiger partial charge in [0.1, 0.15) is 0 Å². The van der Waals surface area contributed by atoms with E-state index in [4.69, 9.17) is 0 Å². The molecule has 0 aromatic heterocycles. The maximum absolute atomic E-state index is 2.52. The molecule has 0 atom stereocenters. The molecular weight excluding hydrogens is 893 g/mol. The van der Waals surface area contributed by atoms with Crippen LogP contribution in [0, 0.1) is 55.4 Å². The summed E-state index contributed by atoms with van der Waals surface area (Å²) in [5, 5.41) is 7.31. The van der Waals surface area contributed by atoms with Gasteiger partial charge in [-0.3, -0.25) is 0 Å². The largest absolute Gasteiger partial charge is 0.310 e. The van der Waals surface area contributed by atoms with E-state index in [1.54, 1.807) is 0 Å². The van der Waals surface area contributed by atoms with Crippen LogP contribution in [0.1, 0.15) is 44.5 Å². The van der Waals surface area contributed by atoms with Gasteiger partial charge in [0.2, 0.25) is 0 Å². The molecule has 12 aromatic carbocycles. The molecule has 0 aliphatic heterocycles. The van der Waals surface area contributed by atoms with Crippen LogP contribution < -0.4 is 9.80 Å². The van der Waals surface area contributed by atoms with E-state index in [9.17, 15) is 0 Å². The minimum atomic E-state index is 1.13. The zero-order valence-electron chi connectivity index (χ0n) is 43.7.